The van der Waals surface area contributed by atoms with Crippen LogP contribution in [0.3, 0.4) is 0 Å². The molecular weight excluding hydrogens is 266 g/mol. The topological polar surface area (TPSA) is 48.7 Å². The van der Waals surface area contributed by atoms with E-state index in [1.807, 2.05) is 42.1 Å². The average Bonchev–Trinajstić information content (AvgIpc) is 2.45. The predicted octanol–water partition coefficient (Wildman–Crippen LogP) is 3.80. The third kappa shape index (κ3) is 2.34. The number of anilines is 1. The maximum Gasteiger partial charge on any atom is 0.128 e. The van der Waals surface area contributed by atoms with E-state index in [1.165, 1.54) is 19.3 Å². The van der Waals surface area contributed by atoms with Gasteiger partial charge in [-0.25, -0.2) is 4.98 Å². The van der Waals surface area contributed by atoms with Crippen LogP contribution in [0.15, 0.2) is 30.3 Å². The fourth-order valence-corrected chi connectivity index (χ4v) is 3.55. The van der Waals surface area contributed by atoms with Gasteiger partial charge >= 0.3 is 0 Å². The summed E-state index contributed by atoms with van der Waals surface area (Å²) in [6.07, 6.45) is 6.02. The Kier molecular flexibility index (Phi) is 3.54. The minimum absolute atomic E-state index is 0.361. The number of hydrogen-bond acceptors (Lipinski definition) is 4. The van der Waals surface area contributed by atoms with E-state index in [1.54, 1.807) is 0 Å². The zero-order valence-electron chi connectivity index (χ0n) is 11.5. The van der Waals surface area contributed by atoms with Crippen LogP contribution in [-0.4, -0.2) is 22.5 Å². The van der Waals surface area contributed by atoms with E-state index >= 15 is 0 Å². The molecule has 1 aliphatic rings. The lowest BCUT2D eigenvalue weighted by Crippen LogP contribution is -2.40. The van der Waals surface area contributed by atoms with Gasteiger partial charge in [0, 0.05) is 16.7 Å². The molecule has 0 radical (unpaired) electrons. The van der Waals surface area contributed by atoms with Crippen molar-refractivity contribution in [2.24, 2.45) is 0 Å². The number of aromatic nitrogens is 1. The number of pyridine rings is 1. The summed E-state index contributed by atoms with van der Waals surface area (Å²) in [6, 6.07) is 11.9. The highest BCUT2D eigenvalue weighted by atomic mass is 32.2. The molecular formula is C16H17N3S. The second kappa shape index (κ2) is 5.34. The molecule has 3 rings (SSSR count). The molecule has 3 nitrogen and oxygen atoms in total. The van der Waals surface area contributed by atoms with Crippen molar-refractivity contribution in [2.45, 2.75) is 24.0 Å². The van der Waals surface area contributed by atoms with Gasteiger partial charge in [0.05, 0.1) is 17.1 Å². The number of benzene rings is 1. The van der Waals surface area contributed by atoms with Gasteiger partial charge in [-0.1, -0.05) is 24.6 Å². The number of hydrogen-bond donors (Lipinski definition) is 1. The van der Waals surface area contributed by atoms with Gasteiger partial charge in [-0.2, -0.15) is 17.0 Å². The SMILES string of the molecule is CSC1(CNc2cc(C#N)c3ccccc3n2)CCC1. The Balaban J connectivity index is 1.87. The van der Waals surface area contributed by atoms with Crippen molar-refractivity contribution in [2.75, 3.05) is 18.1 Å². The van der Waals surface area contributed by atoms with Crippen molar-refractivity contribution >= 4 is 28.5 Å². The monoisotopic (exact) mass is 283 g/mol. The van der Waals surface area contributed by atoms with Gasteiger partial charge in [-0.3, -0.25) is 0 Å². The first kappa shape index (κ1) is 13.3. The number of para-hydroxylation sites is 1. The third-order valence-corrected chi connectivity index (χ3v) is 5.54. The molecule has 1 aromatic heterocycles. The molecule has 2 aromatic rings. The van der Waals surface area contributed by atoms with Crippen LogP contribution in [0.2, 0.25) is 0 Å². The van der Waals surface area contributed by atoms with Crippen molar-refractivity contribution in [1.82, 2.24) is 4.98 Å². The van der Waals surface area contributed by atoms with Crippen LogP contribution < -0.4 is 5.32 Å². The average molecular weight is 283 g/mol. The van der Waals surface area contributed by atoms with Crippen LogP contribution in [0.25, 0.3) is 10.9 Å². The smallest absolute Gasteiger partial charge is 0.128 e. The Bertz CT molecular complexity index is 665. The summed E-state index contributed by atoms with van der Waals surface area (Å²) >= 11 is 1.94. The van der Waals surface area contributed by atoms with E-state index in [0.29, 0.717) is 10.3 Å². The Morgan fingerprint density at radius 1 is 1.40 bits per heavy atom. The molecule has 1 saturated carbocycles. The largest absolute Gasteiger partial charge is 0.369 e. The first-order chi connectivity index (χ1) is 9.76. The zero-order chi connectivity index (χ0) is 14.0. The molecule has 0 spiro atoms. The summed E-state index contributed by atoms with van der Waals surface area (Å²) in [4.78, 5) is 4.61. The number of nitrogens with zero attached hydrogens (tertiary/aromatic N) is 2. The highest BCUT2D eigenvalue weighted by Gasteiger charge is 2.35. The summed E-state index contributed by atoms with van der Waals surface area (Å²) in [7, 11) is 0. The van der Waals surface area contributed by atoms with E-state index in [4.69, 9.17) is 0 Å². The summed E-state index contributed by atoms with van der Waals surface area (Å²) in [5.41, 5.74) is 1.56. The second-order valence-corrected chi connectivity index (χ2v) is 6.55. The molecule has 0 atom stereocenters. The number of thioether (sulfide) groups is 1. The maximum absolute atomic E-state index is 9.28. The summed E-state index contributed by atoms with van der Waals surface area (Å²) in [6.45, 7) is 0.921. The Morgan fingerprint density at radius 3 is 2.85 bits per heavy atom. The molecule has 1 fully saturated rings. The van der Waals surface area contributed by atoms with Crippen LogP contribution in [0.5, 0.6) is 0 Å². The van der Waals surface area contributed by atoms with Gasteiger partial charge in [0.2, 0.25) is 0 Å². The van der Waals surface area contributed by atoms with Crippen molar-refractivity contribution < 1.29 is 0 Å². The first-order valence-electron chi connectivity index (χ1n) is 6.85. The van der Waals surface area contributed by atoms with Gasteiger partial charge in [0.25, 0.3) is 0 Å². The lowest BCUT2D eigenvalue weighted by molar-refractivity contribution is 0.379. The molecule has 0 amide bonds. The number of rotatable bonds is 4. The Hall–Kier alpha value is -1.73. The molecule has 0 saturated heterocycles. The van der Waals surface area contributed by atoms with Gasteiger partial charge in [0.1, 0.15) is 5.82 Å². The highest BCUT2D eigenvalue weighted by Crippen LogP contribution is 2.42. The van der Waals surface area contributed by atoms with Gasteiger partial charge in [-0.15, -0.1) is 0 Å². The second-order valence-electron chi connectivity index (χ2n) is 5.28. The summed E-state index contributed by atoms with van der Waals surface area (Å²) < 4.78 is 0.361. The van der Waals surface area contributed by atoms with Crippen LogP contribution in [0, 0.1) is 11.3 Å². The normalized spacial score (nSPS) is 16.4. The first-order valence-corrected chi connectivity index (χ1v) is 8.08. The number of nitrogens with one attached hydrogen (secondary N) is 1. The quantitative estimate of drug-likeness (QED) is 0.927. The van der Waals surface area contributed by atoms with Crippen molar-refractivity contribution in [1.29, 1.82) is 5.26 Å². The van der Waals surface area contributed by atoms with Gasteiger partial charge in [0.15, 0.2) is 0 Å². The molecule has 1 heterocycles. The van der Waals surface area contributed by atoms with E-state index in [-0.39, 0.29) is 0 Å². The highest BCUT2D eigenvalue weighted by molar-refractivity contribution is 8.00. The molecule has 0 unspecified atom stereocenters. The van der Waals surface area contributed by atoms with E-state index in [9.17, 15) is 5.26 Å². The van der Waals surface area contributed by atoms with Crippen molar-refractivity contribution in [3.8, 4) is 6.07 Å². The van der Waals surface area contributed by atoms with Gasteiger partial charge in [-0.05, 0) is 31.2 Å². The third-order valence-electron chi connectivity index (χ3n) is 4.13. The molecule has 0 bridgehead atoms. The van der Waals surface area contributed by atoms with Gasteiger partial charge < -0.3 is 5.32 Å². The Morgan fingerprint density at radius 2 is 2.20 bits per heavy atom. The number of fused-ring (bicyclic) bond motifs is 1. The molecule has 1 aromatic carbocycles. The lowest BCUT2D eigenvalue weighted by atomic mass is 9.84. The standard InChI is InChI=1S/C16H17N3S/c1-20-16(7-4-8-16)11-18-15-9-12(10-17)13-5-2-3-6-14(13)19-15/h2-3,5-6,9H,4,7-8,11H2,1H3,(H,18,19). The predicted molar refractivity (Wildman–Crippen MR) is 85.0 cm³/mol. The summed E-state index contributed by atoms with van der Waals surface area (Å²) in [5, 5.41) is 13.6. The van der Waals surface area contributed by atoms with Crippen molar-refractivity contribution in [3.05, 3.63) is 35.9 Å². The van der Waals surface area contributed by atoms with E-state index in [2.05, 4.69) is 22.6 Å². The lowest BCUT2D eigenvalue weighted by Gasteiger charge is -2.40. The number of nitriles is 1. The minimum atomic E-state index is 0.361. The van der Waals surface area contributed by atoms with Crippen molar-refractivity contribution in [3.63, 3.8) is 0 Å². The van der Waals surface area contributed by atoms with Crippen LogP contribution in [0.1, 0.15) is 24.8 Å². The summed E-state index contributed by atoms with van der Waals surface area (Å²) in [5.74, 6) is 0.806. The van der Waals surface area contributed by atoms with Crippen LogP contribution >= 0.6 is 11.8 Å². The molecule has 0 aliphatic heterocycles. The van der Waals surface area contributed by atoms with E-state index in [0.717, 1.165) is 23.3 Å². The fourth-order valence-electron chi connectivity index (χ4n) is 2.63. The fraction of sp³-hybridized carbons (Fsp3) is 0.375. The molecule has 1 N–H and O–H groups in total. The minimum Gasteiger partial charge on any atom is -0.369 e. The van der Waals surface area contributed by atoms with E-state index < -0.39 is 0 Å². The van der Waals surface area contributed by atoms with Crippen LogP contribution in [0.4, 0.5) is 5.82 Å². The Labute approximate surface area is 123 Å². The maximum atomic E-state index is 9.28. The zero-order valence-corrected chi connectivity index (χ0v) is 12.3. The van der Waals surface area contributed by atoms with Crippen LogP contribution in [-0.2, 0) is 0 Å². The molecule has 4 heteroatoms. The molecule has 102 valence electrons. The molecule has 1 aliphatic carbocycles. The molecule has 20 heavy (non-hydrogen) atoms.